The summed E-state index contributed by atoms with van der Waals surface area (Å²) in [5.41, 5.74) is 3.59. The predicted molar refractivity (Wildman–Crippen MR) is 70.9 cm³/mol. The standard InChI is InChI=1S/C14H30N2/c1-5-11(6-2)13(16-15)12-9-7-8-10-14(12,3)4/h11-13,16H,5-10,15H2,1-4H3. The molecule has 0 aliphatic heterocycles. The molecule has 0 aromatic rings. The monoisotopic (exact) mass is 226 g/mol. The van der Waals surface area contributed by atoms with Crippen molar-refractivity contribution in [3.05, 3.63) is 0 Å². The molecule has 2 nitrogen and oxygen atoms in total. The Labute approximate surface area is 101 Å². The summed E-state index contributed by atoms with van der Waals surface area (Å²) < 4.78 is 0. The molecule has 2 heteroatoms. The first-order valence-corrected chi connectivity index (χ1v) is 7.03. The second kappa shape index (κ2) is 6.02. The first-order valence-electron chi connectivity index (χ1n) is 7.03. The third-order valence-corrected chi connectivity index (χ3v) is 4.77. The van der Waals surface area contributed by atoms with Gasteiger partial charge in [0.15, 0.2) is 0 Å². The number of rotatable bonds is 5. The van der Waals surface area contributed by atoms with Gasteiger partial charge in [-0.1, -0.05) is 53.4 Å². The molecule has 1 fully saturated rings. The lowest BCUT2D eigenvalue weighted by Crippen LogP contribution is -2.51. The smallest absolute Gasteiger partial charge is 0.0271 e. The molecule has 0 bridgehead atoms. The second-order valence-electron chi connectivity index (χ2n) is 6.11. The van der Waals surface area contributed by atoms with E-state index in [1.165, 1.54) is 38.5 Å². The van der Waals surface area contributed by atoms with E-state index in [9.17, 15) is 0 Å². The first-order chi connectivity index (χ1) is 7.56. The fourth-order valence-corrected chi connectivity index (χ4v) is 3.56. The van der Waals surface area contributed by atoms with Crippen molar-refractivity contribution in [3.63, 3.8) is 0 Å². The van der Waals surface area contributed by atoms with Crippen LogP contribution in [0.5, 0.6) is 0 Å². The minimum Gasteiger partial charge on any atom is -0.271 e. The Kier molecular flexibility index (Phi) is 5.26. The van der Waals surface area contributed by atoms with Crippen molar-refractivity contribution in [1.29, 1.82) is 0 Å². The average Bonchev–Trinajstić information content (AvgIpc) is 2.26. The highest BCUT2D eigenvalue weighted by Crippen LogP contribution is 2.44. The Morgan fingerprint density at radius 1 is 1.25 bits per heavy atom. The molecule has 0 aromatic heterocycles. The van der Waals surface area contributed by atoms with Crippen molar-refractivity contribution < 1.29 is 0 Å². The molecule has 0 amide bonds. The Hall–Kier alpha value is -0.0800. The van der Waals surface area contributed by atoms with Crippen LogP contribution >= 0.6 is 0 Å². The van der Waals surface area contributed by atoms with Crippen LogP contribution in [0, 0.1) is 17.3 Å². The molecular formula is C14H30N2. The van der Waals surface area contributed by atoms with Crippen molar-refractivity contribution in [2.75, 3.05) is 0 Å². The molecule has 96 valence electrons. The van der Waals surface area contributed by atoms with Crippen LogP contribution in [0.4, 0.5) is 0 Å². The molecule has 1 aliphatic rings. The van der Waals surface area contributed by atoms with Crippen molar-refractivity contribution in [1.82, 2.24) is 5.43 Å². The van der Waals surface area contributed by atoms with Gasteiger partial charge in [-0.05, 0) is 30.1 Å². The van der Waals surface area contributed by atoms with Gasteiger partial charge in [-0.2, -0.15) is 0 Å². The number of hydrazine groups is 1. The molecule has 1 saturated carbocycles. The summed E-state index contributed by atoms with van der Waals surface area (Å²) in [6.45, 7) is 9.41. The van der Waals surface area contributed by atoms with Gasteiger partial charge in [0.2, 0.25) is 0 Å². The van der Waals surface area contributed by atoms with E-state index in [1.807, 2.05) is 0 Å². The third-order valence-electron chi connectivity index (χ3n) is 4.77. The Morgan fingerprint density at radius 3 is 2.31 bits per heavy atom. The summed E-state index contributed by atoms with van der Waals surface area (Å²) in [5, 5.41) is 0. The summed E-state index contributed by atoms with van der Waals surface area (Å²) in [6, 6.07) is 0.505. The fourth-order valence-electron chi connectivity index (χ4n) is 3.56. The van der Waals surface area contributed by atoms with Gasteiger partial charge < -0.3 is 0 Å². The van der Waals surface area contributed by atoms with E-state index in [0.717, 1.165) is 11.8 Å². The lowest BCUT2D eigenvalue weighted by molar-refractivity contribution is 0.0706. The molecule has 16 heavy (non-hydrogen) atoms. The minimum atomic E-state index is 0.456. The van der Waals surface area contributed by atoms with Gasteiger partial charge in [-0.25, -0.2) is 0 Å². The number of nitrogens with two attached hydrogens (primary N) is 1. The van der Waals surface area contributed by atoms with Crippen LogP contribution in [0.1, 0.15) is 66.2 Å². The maximum Gasteiger partial charge on any atom is 0.0271 e. The van der Waals surface area contributed by atoms with Crippen LogP contribution < -0.4 is 11.3 Å². The Bertz CT molecular complexity index is 197. The highest BCUT2D eigenvalue weighted by atomic mass is 15.2. The van der Waals surface area contributed by atoms with Crippen LogP contribution in [0.15, 0.2) is 0 Å². The van der Waals surface area contributed by atoms with Crippen molar-refractivity contribution in [3.8, 4) is 0 Å². The fraction of sp³-hybridized carbons (Fsp3) is 1.00. The zero-order chi connectivity index (χ0) is 12.2. The van der Waals surface area contributed by atoms with Gasteiger partial charge in [0.1, 0.15) is 0 Å². The highest BCUT2D eigenvalue weighted by molar-refractivity contribution is 4.92. The summed E-state index contributed by atoms with van der Waals surface area (Å²) in [5.74, 6) is 7.30. The number of nitrogens with one attached hydrogen (secondary N) is 1. The SMILES string of the molecule is CCC(CC)C(NN)C1CCCCC1(C)C. The zero-order valence-electron chi connectivity index (χ0n) is 11.6. The lowest BCUT2D eigenvalue weighted by Gasteiger charge is -2.45. The molecule has 0 radical (unpaired) electrons. The molecule has 2 atom stereocenters. The maximum absolute atomic E-state index is 5.83. The third kappa shape index (κ3) is 2.98. The first kappa shape index (κ1) is 14.0. The average molecular weight is 226 g/mol. The summed E-state index contributed by atoms with van der Waals surface area (Å²) in [4.78, 5) is 0. The van der Waals surface area contributed by atoms with Gasteiger partial charge in [0.05, 0.1) is 0 Å². The van der Waals surface area contributed by atoms with Crippen LogP contribution in [0.2, 0.25) is 0 Å². The number of hydrogen-bond acceptors (Lipinski definition) is 2. The molecule has 3 N–H and O–H groups in total. The van der Waals surface area contributed by atoms with Crippen molar-refractivity contribution >= 4 is 0 Å². The summed E-state index contributed by atoms with van der Waals surface area (Å²) >= 11 is 0. The lowest BCUT2D eigenvalue weighted by atomic mass is 9.63. The van der Waals surface area contributed by atoms with Gasteiger partial charge in [0.25, 0.3) is 0 Å². The van der Waals surface area contributed by atoms with E-state index in [0.29, 0.717) is 11.5 Å². The summed E-state index contributed by atoms with van der Waals surface area (Å²) in [7, 11) is 0. The molecule has 2 unspecified atom stereocenters. The molecule has 0 heterocycles. The van der Waals surface area contributed by atoms with Gasteiger partial charge in [0, 0.05) is 6.04 Å². The van der Waals surface area contributed by atoms with E-state index in [-0.39, 0.29) is 0 Å². The normalized spacial score (nSPS) is 27.0. The quantitative estimate of drug-likeness (QED) is 0.556. The predicted octanol–water partition coefficient (Wildman–Crippen LogP) is 3.47. The van der Waals surface area contributed by atoms with Crippen LogP contribution in [-0.2, 0) is 0 Å². The van der Waals surface area contributed by atoms with E-state index >= 15 is 0 Å². The van der Waals surface area contributed by atoms with Gasteiger partial charge >= 0.3 is 0 Å². The maximum atomic E-state index is 5.83. The topological polar surface area (TPSA) is 38.0 Å². The highest BCUT2D eigenvalue weighted by Gasteiger charge is 2.39. The Balaban J connectivity index is 2.77. The molecule has 1 aliphatic carbocycles. The summed E-state index contributed by atoms with van der Waals surface area (Å²) in [6.07, 6.45) is 7.94. The van der Waals surface area contributed by atoms with Gasteiger partial charge in [-0.3, -0.25) is 11.3 Å². The van der Waals surface area contributed by atoms with E-state index in [2.05, 4.69) is 33.1 Å². The van der Waals surface area contributed by atoms with E-state index in [1.54, 1.807) is 0 Å². The molecule has 0 aromatic carbocycles. The van der Waals surface area contributed by atoms with E-state index in [4.69, 9.17) is 5.84 Å². The molecule has 0 saturated heterocycles. The minimum absolute atomic E-state index is 0.456. The second-order valence-corrected chi connectivity index (χ2v) is 6.11. The van der Waals surface area contributed by atoms with Crippen molar-refractivity contribution in [2.45, 2.75) is 72.3 Å². The zero-order valence-corrected chi connectivity index (χ0v) is 11.6. The molecule has 0 spiro atoms. The molecular weight excluding hydrogens is 196 g/mol. The Morgan fingerprint density at radius 2 is 1.88 bits per heavy atom. The van der Waals surface area contributed by atoms with E-state index < -0.39 is 0 Å². The number of hydrogen-bond donors (Lipinski definition) is 2. The van der Waals surface area contributed by atoms with Gasteiger partial charge in [-0.15, -0.1) is 0 Å². The van der Waals surface area contributed by atoms with Crippen LogP contribution in [-0.4, -0.2) is 6.04 Å². The van der Waals surface area contributed by atoms with Crippen molar-refractivity contribution in [2.24, 2.45) is 23.1 Å². The molecule has 1 rings (SSSR count). The largest absolute Gasteiger partial charge is 0.271 e. The van der Waals surface area contributed by atoms with Crippen LogP contribution in [0.3, 0.4) is 0 Å². The van der Waals surface area contributed by atoms with Crippen LogP contribution in [0.25, 0.3) is 0 Å².